The minimum atomic E-state index is -0.175. The van der Waals surface area contributed by atoms with Crippen LogP contribution < -0.4 is 15.4 Å². The van der Waals surface area contributed by atoms with E-state index in [-0.39, 0.29) is 6.03 Å². The van der Waals surface area contributed by atoms with Gasteiger partial charge in [-0.15, -0.1) is 0 Å². The largest absolute Gasteiger partial charge is 0.481 e. The Bertz CT molecular complexity index is 405. The van der Waals surface area contributed by atoms with Crippen LogP contribution in [-0.2, 0) is 6.54 Å². The van der Waals surface area contributed by atoms with Crippen molar-refractivity contribution >= 4 is 6.03 Å². The molecule has 2 amide bonds. The van der Waals surface area contributed by atoms with Crippen molar-refractivity contribution in [2.45, 2.75) is 27.3 Å². The van der Waals surface area contributed by atoms with E-state index in [1.54, 1.807) is 7.11 Å². The summed E-state index contributed by atoms with van der Waals surface area (Å²) in [7, 11) is 1.57. The molecule has 0 radical (unpaired) electrons. The minimum Gasteiger partial charge on any atom is -0.481 e. The van der Waals surface area contributed by atoms with Crippen LogP contribution in [-0.4, -0.2) is 24.7 Å². The summed E-state index contributed by atoms with van der Waals surface area (Å²) in [4.78, 5) is 15.8. The highest BCUT2D eigenvalue weighted by atomic mass is 16.5. The van der Waals surface area contributed by atoms with Gasteiger partial charge in [0.25, 0.3) is 0 Å². The van der Waals surface area contributed by atoms with Gasteiger partial charge in [-0.05, 0) is 18.9 Å². The predicted molar refractivity (Wildman–Crippen MR) is 70.6 cm³/mol. The van der Waals surface area contributed by atoms with Gasteiger partial charge in [0.1, 0.15) is 0 Å². The van der Waals surface area contributed by atoms with Gasteiger partial charge in [-0.3, -0.25) is 0 Å². The number of carbonyl (C=O) groups is 1. The summed E-state index contributed by atoms with van der Waals surface area (Å²) < 4.78 is 5.17. The first-order valence-corrected chi connectivity index (χ1v) is 6.05. The minimum absolute atomic E-state index is 0.175. The summed E-state index contributed by atoms with van der Waals surface area (Å²) in [6.45, 7) is 7.06. The number of hydrogen-bond donors (Lipinski definition) is 2. The molecule has 2 N–H and O–H groups in total. The second-order valence-corrected chi connectivity index (χ2v) is 4.58. The van der Waals surface area contributed by atoms with Crippen LogP contribution in [0.15, 0.2) is 12.1 Å². The van der Waals surface area contributed by atoms with Gasteiger partial charge in [0.2, 0.25) is 5.88 Å². The molecule has 0 spiro atoms. The van der Waals surface area contributed by atoms with Gasteiger partial charge in [-0.25, -0.2) is 9.78 Å². The van der Waals surface area contributed by atoms with Crippen LogP contribution in [0, 0.1) is 12.8 Å². The molecule has 0 aromatic carbocycles. The van der Waals surface area contributed by atoms with Crippen LogP contribution in [0.5, 0.6) is 5.88 Å². The molecule has 1 aromatic rings. The summed E-state index contributed by atoms with van der Waals surface area (Å²) in [5, 5.41) is 5.57. The molecule has 1 rings (SSSR count). The Morgan fingerprint density at radius 2 is 2.11 bits per heavy atom. The van der Waals surface area contributed by atoms with Crippen molar-refractivity contribution in [2.24, 2.45) is 5.92 Å². The zero-order chi connectivity index (χ0) is 13.5. The first-order chi connectivity index (χ1) is 8.52. The van der Waals surface area contributed by atoms with E-state index < -0.39 is 0 Å². The highest BCUT2D eigenvalue weighted by molar-refractivity contribution is 5.73. The first kappa shape index (κ1) is 14.3. The number of amides is 2. The molecule has 0 saturated heterocycles. The maximum atomic E-state index is 11.5. The van der Waals surface area contributed by atoms with Gasteiger partial charge in [0.05, 0.1) is 7.11 Å². The Morgan fingerprint density at radius 1 is 1.39 bits per heavy atom. The maximum absolute atomic E-state index is 11.5. The summed E-state index contributed by atoms with van der Waals surface area (Å²) in [5.41, 5.74) is 1.75. The van der Waals surface area contributed by atoms with Crippen molar-refractivity contribution in [3.8, 4) is 5.88 Å². The molecule has 18 heavy (non-hydrogen) atoms. The van der Waals surface area contributed by atoms with E-state index >= 15 is 0 Å². The van der Waals surface area contributed by atoms with Gasteiger partial charge in [-0.1, -0.05) is 19.9 Å². The van der Waals surface area contributed by atoms with Crippen LogP contribution >= 0.6 is 0 Å². The zero-order valence-electron chi connectivity index (χ0n) is 11.4. The highest BCUT2D eigenvalue weighted by Crippen LogP contribution is 2.14. The number of nitrogens with one attached hydrogen (secondary N) is 2. The van der Waals surface area contributed by atoms with E-state index in [0.717, 1.165) is 11.3 Å². The Hall–Kier alpha value is -1.78. The number of methoxy groups -OCH3 is 1. The Kier molecular flexibility index (Phi) is 5.42. The van der Waals surface area contributed by atoms with Gasteiger partial charge in [0, 0.05) is 24.3 Å². The fourth-order valence-electron chi connectivity index (χ4n) is 1.41. The van der Waals surface area contributed by atoms with E-state index in [9.17, 15) is 4.79 Å². The first-order valence-electron chi connectivity index (χ1n) is 6.05. The number of aromatic nitrogens is 1. The van der Waals surface area contributed by atoms with Gasteiger partial charge < -0.3 is 15.4 Å². The number of nitrogens with zero attached hydrogens (tertiary/aromatic N) is 1. The molecule has 0 saturated carbocycles. The van der Waals surface area contributed by atoms with Crippen molar-refractivity contribution in [1.82, 2.24) is 15.6 Å². The third kappa shape index (κ3) is 4.61. The number of aryl methyl sites for hydroxylation is 1. The number of carbonyl (C=O) groups excluding carboxylic acids is 1. The highest BCUT2D eigenvalue weighted by Gasteiger charge is 2.07. The second-order valence-electron chi connectivity index (χ2n) is 4.58. The monoisotopic (exact) mass is 251 g/mol. The average Bonchev–Trinajstić information content (AvgIpc) is 2.34. The van der Waals surface area contributed by atoms with E-state index in [1.807, 2.05) is 32.9 Å². The molecule has 0 atom stereocenters. The van der Waals surface area contributed by atoms with Crippen molar-refractivity contribution in [3.05, 3.63) is 23.4 Å². The average molecular weight is 251 g/mol. The van der Waals surface area contributed by atoms with E-state index in [2.05, 4.69) is 15.6 Å². The van der Waals surface area contributed by atoms with Gasteiger partial charge >= 0.3 is 6.03 Å². The quantitative estimate of drug-likeness (QED) is 0.839. The molecule has 0 unspecified atom stereocenters. The third-order valence-electron chi connectivity index (χ3n) is 2.38. The number of hydrogen-bond acceptors (Lipinski definition) is 3. The van der Waals surface area contributed by atoms with E-state index in [1.165, 1.54) is 0 Å². The van der Waals surface area contributed by atoms with E-state index in [4.69, 9.17) is 4.74 Å². The number of urea groups is 1. The molecule has 100 valence electrons. The smallest absolute Gasteiger partial charge is 0.315 e. The van der Waals surface area contributed by atoms with Crippen molar-refractivity contribution in [3.63, 3.8) is 0 Å². The Balaban J connectivity index is 2.50. The molecule has 5 heteroatoms. The standard InChI is InChI=1S/C13H21N3O2/c1-9(2)7-14-13(17)15-8-11-6-5-10(3)16-12(11)18-4/h5-6,9H,7-8H2,1-4H3,(H2,14,15,17). The maximum Gasteiger partial charge on any atom is 0.315 e. The molecule has 0 bridgehead atoms. The lowest BCUT2D eigenvalue weighted by Gasteiger charge is -2.11. The number of pyridine rings is 1. The molecular weight excluding hydrogens is 230 g/mol. The molecule has 0 aliphatic heterocycles. The molecule has 5 nitrogen and oxygen atoms in total. The fourth-order valence-corrected chi connectivity index (χ4v) is 1.41. The molecule has 0 aliphatic carbocycles. The number of ether oxygens (including phenoxy) is 1. The summed E-state index contributed by atoms with van der Waals surface area (Å²) in [6.07, 6.45) is 0. The SMILES string of the molecule is COc1nc(C)ccc1CNC(=O)NCC(C)C. The molecule has 0 fully saturated rings. The predicted octanol–water partition coefficient (Wildman–Crippen LogP) is 1.85. The molecule has 1 aromatic heterocycles. The topological polar surface area (TPSA) is 63.2 Å². The second kappa shape index (κ2) is 6.83. The van der Waals surface area contributed by atoms with Crippen LogP contribution in [0.3, 0.4) is 0 Å². The molecule has 1 heterocycles. The normalized spacial score (nSPS) is 10.3. The zero-order valence-corrected chi connectivity index (χ0v) is 11.4. The van der Waals surface area contributed by atoms with Gasteiger partial charge in [0.15, 0.2) is 0 Å². The van der Waals surface area contributed by atoms with Crippen LogP contribution in [0.1, 0.15) is 25.1 Å². The fraction of sp³-hybridized carbons (Fsp3) is 0.538. The van der Waals surface area contributed by atoms with Crippen LogP contribution in [0.4, 0.5) is 4.79 Å². The van der Waals surface area contributed by atoms with Gasteiger partial charge in [-0.2, -0.15) is 0 Å². The lowest BCUT2D eigenvalue weighted by Crippen LogP contribution is -2.37. The lowest BCUT2D eigenvalue weighted by atomic mass is 10.2. The van der Waals surface area contributed by atoms with Crippen molar-refractivity contribution < 1.29 is 9.53 Å². The van der Waals surface area contributed by atoms with E-state index in [0.29, 0.717) is 24.9 Å². The lowest BCUT2D eigenvalue weighted by molar-refractivity contribution is 0.239. The molecule has 0 aliphatic rings. The summed E-state index contributed by atoms with van der Waals surface area (Å²) >= 11 is 0. The summed E-state index contributed by atoms with van der Waals surface area (Å²) in [6, 6.07) is 3.63. The van der Waals surface area contributed by atoms with Crippen LogP contribution in [0.25, 0.3) is 0 Å². The number of rotatable bonds is 5. The van der Waals surface area contributed by atoms with Crippen molar-refractivity contribution in [2.75, 3.05) is 13.7 Å². The Labute approximate surface area is 108 Å². The summed E-state index contributed by atoms with van der Waals surface area (Å²) in [5.74, 6) is 0.991. The Morgan fingerprint density at radius 3 is 2.72 bits per heavy atom. The van der Waals surface area contributed by atoms with Crippen molar-refractivity contribution in [1.29, 1.82) is 0 Å². The van der Waals surface area contributed by atoms with Crippen LogP contribution in [0.2, 0.25) is 0 Å². The third-order valence-corrected chi connectivity index (χ3v) is 2.38. The molecular formula is C13H21N3O2.